The van der Waals surface area contributed by atoms with Gasteiger partial charge in [0, 0.05) is 11.1 Å². The number of halogens is 3. The maximum Gasteiger partial charge on any atom is 0.433 e. The number of hydrogen-bond acceptors (Lipinski definition) is 5. The molecule has 0 spiro atoms. The Morgan fingerprint density at radius 2 is 1.86 bits per heavy atom. The first kappa shape index (κ1) is 19.0. The van der Waals surface area contributed by atoms with E-state index >= 15 is 0 Å². The summed E-state index contributed by atoms with van der Waals surface area (Å²) < 4.78 is 52.2. The first-order valence-corrected chi connectivity index (χ1v) is 8.71. The predicted molar refractivity (Wildman–Crippen MR) is 96.8 cm³/mol. The van der Waals surface area contributed by atoms with Crippen molar-refractivity contribution in [1.29, 1.82) is 0 Å². The molecule has 0 atom stereocenters. The van der Waals surface area contributed by atoms with Gasteiger partial charge in [-0.05, 0) is 45.0 Å². The molecule has 1 aromatic carbocycles. The van der Waals surface area contributed by atoms with E-state index in [4.69, 9.17) is 9.47 Å². The van der Waals surface area contributed by atoms with Crippen LogP contribution in [0.5, 0.6) is 11.5 Å². The van der Waals surface area contributed by atoms with Gasteiger partial charge in [-0.25, -0.2) is 9.50 Å². The molecular weight excluding hydrogens is 389 g/mol. The number of rotatable bonds is 2. The third-order valence-electron chi connectivity index (χ3n) is 4.16. The van der Waals surface area contributed by atoms with Gasteiger partial charge in [0.25, 0.3) is 5.91 Å². The Kier molecular flexibility index (Phi) is 4.18. The molecule has 1 N–H and O–H groups in total. The molecule has 152 valence electrons. The highest BCUT2D eigenvalue weighted by atomic mass is 19.4. The second kappa shape index (κ2) is 6.36. The zero-order valence-electron chi connectivity index (χ0n) is 15.8. The number of alkyl halides is 3. The van der Waals surface area contributed by atoms with E-state index in [9.17, 15) is 18.0 Å². The van der Waals surface area contributed by atoms with Crippen molar-refractivity contribution in [1.82, 2.24) is 19.9 Å². The van der Waals surface area contributed by atoms with Gasteiger partial charge in [0.1, 0.15) is 5.56 Å². The van der Waals surface area contributed by atoms with Gasteiger partial charge in [-0.15, -0.1) is 0 Å². The molecule has 0 saturated carbocycles. The summed E-state index contributed by atoms with van der Waals surface area (Å²) in [5.41, 5.74) is -1.42. The van der Waals surface area contributed by atoms with E-state index in [0.717, 1.165) is 12.3 Å². The van der Waals surface area contributed by atoms with E-state index in [2.05, 4.69) is 15.4 Å². The van der Waals surface area contributed by atoms with Crippen molar-refractivity contribution in [3.63, 3.8) is 0 Å². The van der Waals surface area contributed by atoms with E-state index in [1.165, 1.54) is 0 Å². The summed E-state index contributed by atoms with van der Waals surface area (Å²) in [4.78, 5) is 16.9. The van der Waals surface area contributed by atoms with Crippen LogP contribution in [0.4, 0.5) is 13.2 Å². The molecule has 1 aliphatic rings. The zero-order chi connectivity index (χ0) is 21.0. The Morgan fingerprint density at radius 3 is 2.55 bits per heavy atom. The van der Waals surface area contributed by atoms with Crippen LogP contribution in [-0.4, -0.2) is 32.8 Å². The summed E-state index contributed by atoms with van der Waals surface area (Å²) in [6, 6.07) is 5.62. The molecule has 2 aromatic heterocycles. The minimum atomic E-state index is -4.70. The Morgan fingerprint density at radius 1 is 1.14 bits per heavy atom. The minimum Gasteiger partial charge on any atom is -0.454 e. The molecule has 4 rings (SSSR count). The number of benzene rings is 1. The molecule has 29 heavy (non-hydrogen) atoms. The molecule has 0 aliphatic carbocycles. The van der Waals surface area contributed by atoms with Gasteiger partial charge < -0.3 is 14.8 Å². The van der Waals surface area contributed by atoms with E-state index in [1.54, 1.807) is 39.0 Å². The number of amides is 1. The van der Waals surface area contributed by atoms with Crippen molar-refractivity contribution in [2.45, 2.75) is 32.5 Å². The smallest absolute Gasteiger partial charge is 0.433 e. The number of hydrogen-bond donors (Lipinski definition) is 1. The monoisotopic (exact) mass is 406 g/mol. The first-order valence-electron chi connectivity index (χ1n) is 8.71. The third kappa shape index (κ3) is 3.57. The van der Waals surface area contributed by atoms with E-state index < -0.39 is 23.3 Å². The van der Waals surface area contributed by atoms with Crippen LogP contribution in [0.15, 0.2) is 30.5 Å². The van der Waals surface area contributed by atoms with Crippen molar-refractivity contribution < 1.29 is 27.4 Å². The van der Waals surface area contributed by atoms with Gasteiger partial charge in [0.15, 0.2) is 22.8 Å². The van der Waals surface area contributed by atoms with Crippen LogP contribution in [0.3, 0.4) is 0 Å². The van der Waals surface area contributed by atoms with Crippen molar-refractivity contribution in [2.75, 3.05) is 6.79 Å². The van der Waals surface area contributed by atoms with Gasteiger partial charge in [-0.1, -0.05) is 0 Å². The van der Waals surface area contributed by atoms with Gasteiger partial charge in [0.05, 0.1) is 11.9 Å². The number of nitrogens with one attached hydrogen (secondary N) is 1. The maximum atomic E-state index is 13.7. The Labute approximate surface area is 163 Å². The Bertz CT molecular complexity index is 1120. The van der Waals surface area contributed by atoms with Crippen LogP contribution < -0.4 is 14.8 Å². The lowest BCUT2D eigenvalue weighted by Gasteiger charge is -2.20. The lowest BCUT2D eigenvalue weighted by molar-refractivity contribution is -0.142. The molecule has 1 aliphatic heterocycles. The third-order valence-corrected chi connectivity index (χ3v) is 4.16. The molecule has 3 aromatic rings. The number of fused-ring (bicyclic) bond motifs is 2. The summed E-state index contributed by atoms with van der Waals surface area (Å²) in [5, 5.41) is 6.47. The van der Waals surface area contributed by atoms with Crippen LogP contribution in [0.2, 0.25) is 0 Å². The van der Waals surface area contributed by atoms with Crippen molar-refractivity contribution in [3.05, 3.63) is 41.7 Å². The standard InChI is InChI=1S/C19H17F3N4O3/c1-18(2,3)25-17(27)11-8-23-26-15(19(20,21)22)7-12(24-16(11)26)10-4-5-13-14(6-10)29-9-28-13/h4-8H,9H2,1-3H3,(H,25,27). The molecule has 1 amide bonds. The lowest BCUT2D eigenvalue weighted by Crippen LogP contribution is -2.40. The van der Waals surface area contributed by atoms with Gasteiger partial charge in [0.2, 0.25) is 6.79 Å². The molecular formula is C19H17F3N4O3. The van der Waals surface area contributed by atoms with Crippen molar-refractivity contribution >= 4 is 11.6 Å². The van der Waals surface area contributed by atoms with Crippen molar-refractivity contribution in [3.8, 4) is 22.8 Å². The number of carbonyl (C=O) groups excluding carboxylic acids is 1. The second-order valence-electron chi connectivity index (χ2n) is 7.59. The van der Waals surface area contributed by atoms with Crippen molar-refractivity contribution in [2.24, 2.45) is 0 Å². The predicted octanol–water partition coefficient (Wildman–Crippen LogP) is 3.67. The number of carbonyl (C=O) groups is 1. The number of aromatic nitrogens is 3. The average molecular weight is 406 g/mol. The summed E-state index contributed by atoms with van der Waals surface area (Å²) >= 11 is 0. The molecule has 0 unspecified atom stereocenters. The maximum absolute atomic E-state index is 13.7. The lowest BCUT2D eigenvalue weighted by atomic mass is 10.1. The fraction of sp³-hybridized carbons (Fsp3) is 0.316. The molecule has 10 heteroatoms. The number of nitrogens with zero attached hydrogens (tertiary/aromatic N) is 3. The SMILES string of the molecule is CC(C)(C)NC(=O)c1cnn2c(C(F)(F)F)cc(-c3ccc4c(c3)OCO4)nc12. The fourth-order valence-corrected chi connectivity index (χ4v) is 2.94. The molecule has 0 radical (unpaired) electrons. The Balaban J connectivity index is 1.90. The number of ether oxygens (including phenoxy) is 2. The van der Waals surface area contributed by atoms with Crippen LogP contribution in [0, 0.1) is 0 Å². The summed E-state index contributed by atoms with van der Waals surface area (Å²) in [5.74, 6) is 0.355. The normalized spacial score (nSPS) is 13.7. The van der Waals surface area contributed by atoms with Crippen LogP contribution >= 0.6 is 0 Å². The largest absolute Gasteiger partial charge is 0.454 e. The van der Waals surface area contributed by atoms with Crippen LogP contribution in [0.1, 0.15) is 36.8 Å². The minimum absolute atomic E-state index is 0.0356. The van der Waals surface area contributed by atoms with Gasteiger partial charge in [-0.3, -0.25) is 4.79 Å². The molecule has 3 heterocycles. The van der Waals surface area contributed by atoms with E-state index in [1.807, 2.05) is 0 Å². The zero-order valence-corrected chi connectivity index (χ0v) is 15.8. The molecule has 7 nitrogen and oxygen atoms in total. The second-order valence-corrected chi connectivity index (χ2v) is 7.59. The van der Waals surface area contributed by atoms with Gasteiger partial charge in [-0.2, -0.15) is 18.3 Å². The molecule has 0 bridgehead atoms. The summed E-state index contributed by atoms with van der Waals surface area (Å²) in [6.45, 7) is 5.34. The van der Waals surface area contributed by atoms with Crippen LogP contribution in [0.25, 0.3) is 16.9 Å². The van der Waals surface area contributed by atoms with E-state index in [0.29, 0.717) is 21.6 Å². The highest BCUT2D eigenvalue weighted by Gasteiger charge is 2.36. The topological polar surface area (TPSA) is 77.8 Å². The van der Waals surface area contributed by atoms with Gasteiger partial charge >= 0.3 is 6.18 Å². The van der Waals surface area contributed by atoms with Crippen LogP contribution in [-0.2, 0) is 6.18 Å². The molecule has 0 saturated heterocycles. The first-order chi connectivity index (χ1) is 13.5. The highest BCUT2D eigenvalue weighted by molar-refractivity contribution is 6.00. The quantitative estimate of drug-likeness (QED) is 0.703. The Hall–Kier alpha value is -3.30. The molecule has 0 fully saturated rings. The summed E-state index contributed by atoms with van der Waals surface area (Å²) in [7, 11) is 0. The highest BCUT2D eigenvalue weighted by Crippen LogP contribution is 2.37. The summed E-state index contributed by atoms with van der Waals surface area (Å²) in [6.07, 6.45) is -3.61. The van der Waals surface area contributed by atoms with E-state index in [-0.39, 0.29) is 23.7 Å². The average Bonchev–Trinajstić information content (AvgIpc) is 3.24. The fourth-order valence-electron chi connectivity index (χ4n) is 2.94.